The summed E-state index contributed by atoms with van der Waals surface area (Å²) < 4.78 is 40.3. The van der Waals surface area contributed by atoms with E-state index in [0.717, 1.165) is 24.8 Å². The molecule has 0 saturated carbocycles. The van der Waals surface area contributed by atoms with Crippen molar-refractivity contribution in [1.82, 2.24) is 0 Å². The third-order valence-electron chi connectivity index (χ3n) is 3.82. The van der Waals surface area contributed by atoms with Gasteiger partial charge in [-0.15, -0.1) is 0 Å². The van der Waals surface area contributed by atoms with Crippen molar-refractivity contribution >= 4 is 10.1 Å². The van der Waals surface area contributed by atoms with Crippen LogP contribution in [-0.4, -0.2) is 13.0 Å². The predicted octanol–water partition coefficient (Wildman–Crippen LogP) is 1.90. The first-order valence-corrected chi connectivity index (χ1v) is 9.73. The summed E-state index contributed by atoms with van der Waals surface area (Å²) >= 11 is 0. The molecule has 2 aromatic carbocycles. The van der Waals surface area contributed by atoms with E-state index in [1.807, 2.05) is 12.1 Å². The molecule has 0 aliphatic heterocycles. The van der Waals surface area contributed by atoms with Crippen LogP contribution >= 0.6 is 0 Å². The van der Waals surface area contributed by atoms with Crippen LogP contribution in [0.5, 0.6) is 11.5 Å². The second-order valence-electron chi connectivity index (χ2n) is 5.81. The van der Waals surface area contributed by atoms with Gasteiger partial charge in [0.25, 0.3) is 0 Å². The molecule has 0 aliphatic carbocycles. The van der Waals surface area contributed by atoms with E-state index in [2.05, 4.69) is 6.92 Å². The van der Waals surface area contributed by atoms with Crippen molar-refractivity contribution in [3.05, 3.63) is 54.1 Å². The number of para-hydroxylation sites is 1. The van der Waals surface area contributed by atoms with Crippen LogP contribution in [0, 0.1) is 0 Å². The van der Waals surface area contributed by atoms with Crippen molar-refractivity contribution in [3.63, 3.8) is 0 Å². The standard InChI is InChI=1S/C19H24O4S.Na/c1-2-3-4-5-7-10-16-13-14-18(19(15-16)24(20,21)22)23-17-11-8-6-9-12-17;/h6,8-9,11-15H,2-5,7,10H2,1H3,(H,20,21,22);/q;+1/p-1. The molecule has 4 nitrogen and oxygen atoms in total. The van der Waals surface area contributed by atoms with Gasteiger partial charge in [-0.25, -0.2) is 8.42 Å². The van der Waals surface area contributed by atoms with E-state index < -0.39 is 10.1 Å². The van der Waals surface area contributed by atoms with Crippen LogP contribution in [0.1, 0.15) is 44.6 Å². The maximum absolute atomic E-state index is 11.6. The summed E-state index contributed by atoms with van der Waals surface area (Å²) in [7, 11) is -4.59. The molecule has 0 bridgehead atoms. The van der Waals surface area contributed by atoms with Gasteiger partial charge in [0.15, 0.2) is 0 Å². The third kappa shape index (κ3) is 7.50. The van der Waals surface area contributed by atoms with E-state index in [1.165, 1.54) is 25.3 Å². The molecule has 25 heavy (non-hydrogen) atoms. The minimum absolute atomic E-state index is 0. The zero-order chi connectivity index (χ0) is 17.4. The summed E-state index contributed by atoms with van der Waals surface area (Å²) in [4.78, 5) is -0.294. The first-order valence-electron chi connectivity index (χ1n) is 8.32. The van der Waals surface area contributed by atoms with Crippen LogP contribution in [0.4, 0.5) is 0 Å². The predicted molar refractivity (Wildman–Crippen MR) is 93.4 cm³/mol. The summed E-state index contributed by atoms with van der Waals surface area (Å²) in [6.45, 7) is 2.16. The number of benzene rings is 2. The number of rotatable bonds is 9. The minimum atomic E-state index is -4.59. The van der Waals surface area contributed by atoms with Crippen LogP contribution in [0.15, 0.2) is 53.4 Å². The Bertz CT molecular complexity index is 745. The second kappa shape index (κ2) is 11.0. The molecule has 2 rings (SSSR count). The van der Waals surface area contributed by atoms with Crippen LogP contribution in [0.3, 0.4) is 0 Å². The van der Waals surface area contributed by atoms with Crippen molar-refractivity contribution in [1.29, 1.82) is 0 Å². The van der Waals surface area contributed by atoms with E-state index in [0.29, 0.717) is 5.75 Å². The maximum atomic E-state index is 11.6. The molecule has 0 radical (unpaired) electrons. The van der Waals surface area contributed by atoms with Gasteiger partial charge in [-0.2, -0.15) is 0 Å². The van der Waals surface area contributed by atoms with E-state index in [1.54, 1.807) is 30.3 Å². The normalized spacial score (nSPS) is 11.0. The molecule has 0 fully saturated rings. The van der Waals surface area contributed by atoms with E-state index >= 15 is 0 Å². The fourth-order valence-corrected chi connectivity index (χ4v) is 3.19. The zero-order valence-electron chi connectivity index (χ0n) is 14.9. The van der Waals surface area contributed by atoms with Crippen molar-refractivity contribution in [2.45, 2.75) is 50.3 Å². The van der Waals surface area contributed by atoms with Gasteiger partial charge in [-0.05, 0) is 42.7 Å². The second-order valence-corrected chi connectivity index (χ2v) is 7.16. The summed E-state index contributed by atoms with van der Waals surface area (Å²) in [6.07, 6.45) is 6.43. The van der Waals surface area contributed by atoms with Gasteiger partial charge in [0.05, 0.1) is 4.90 Å². The van der Waals surface area contributed by atoms with E-state index in [4.69, 9.17) is 4.74 Å². The molecule has 6 heteroatoms. The van der Waals surface area contributed by atoms with Crippen LogP contribution in [0.25, 0.3) is 0 Å². The number of hydrogen-bond donors (Lipinski definition) is 0. The molecule has 130 valence electrons. The molecular formula is C19H23NaO4S. The molecule has 0 heterocycles. The topological polar surface area (TPSA) is 66.4 Å². The van der Waals surface area contributed by atoms with Gasteiger partial charge in [0, 0.05) is 0 Å². The van der Waals surface area contributed by atoms with Gasteiger partial charge in [-0.3, -0.25) is 0 Å². The van der Waals surface area contributed by atoms with Crippen LogP contribution in [-0.2, 0) is 16.5 Å². The van der Waals surface area contributed by atoms with Crippen LogP contribution < -0.4 is 34.3 Å². The first kappa shape index (κ1) is 22.2. The molecule has 0 saturated heterocycles. The van der Waals surface area contributed by atoms with Gasteiger partial charge >= 0.3 is 29.6 Å². The van der Waals surface area contributed by atoms with E-state index in [9.17, 15) is 13.0 Å². The molecular weight excluding hydrogens is 347 g/mol. The van der Waals surface area contributed by atoms with Crippen LogP contribution in [0.2, 0.25) is 0 Å². The summed E-state index contributed by atoms with van der Waals surface area (Å²) in [5.41, 5.74) is 0.848. The van der Waals surface area contributed by atoms with Gasteiger partial charge < -0.3 is 9.29 Å². The molecule has 2 aromatic rings. The van der Waals surface area contributed by atoms with Gasteiger partial charge in [0.1, 0.15) is 21.6 Å². The smallest absolute Gasteiger partial charge is 0.744 e. The fraction of sp³-hybridized carbons (Fsp3) is 0.368. The molecule has 0 aliphatic rings. The number of hydrogen-bond acceptors (Lipinski definition) is 4. The van der Waals surface area contributed by atoms with E-state index in [-0.39, 0.29) is 40.2 Å². The Morgan fingerprint density at radius 1 is 0.960 bits per heavy atom. The Balaban J connectivity index is 0.00000312. The number of unbranched alkanes of at least 4 members (excludes halogenated alkanes) is 4. The Morgan fingerprint density at radius 2 is 1.64 bits per heavy atom. The summed E-state index contributed by atoms with van der Waals surface area (Å²) in [5, 5.41) is 0. The Kier molecular flexibility index (Phi) is 9.75. The van der Waals surface area contributed by atoms with Crippen molar-refractivity contribution in [2.24, 2.45) is 0 Å². The van der Waals surface area contributed by atoms with Gasteiger partial charge in [-0.1, -0.05) is 56.9 Å². The average molecular weight is 370 g/mol. The number of aryl methyl sites for hydroxylation is 1. The monoisotopic (exact) mass is 370 g/mol. The fourth-order valence-electron chi connectivity index (χ4n) is 2.54. The minimum Gasteiger partial charge on any atom is -0.744 e. The molecule has 0 N–H and O–H groups in total. The molecule has 0 aromatic heterocycles. The molecule has 0 unspecified atom stereocenters. The molecule has 0 atom stereocenters. The Labute approximate surface area is 172 Å². The van der Waals surface area contributed by atoms with Crippen molar-refractivity contribution < 1.29 is 47.3 Å². The van der Waals surface area contributed by atoms with Gasteiger partial charge in [0.2, 0.25) is 0 Å². The Hall–Kier alpha value is -0.850. The quantitative estimate of drug-likeness (QED) is 0.384. The maximum Gasteiger partial charge on any atom is 1.00 e. The summed E-state index contributed by atoms with van der Waals surface area (Å²) in [6, 6.07) is 13.7. The SMILES string of the molecule is CCCCCCCc1ccc(Oc2ccccc2)c(S(=O)(=O)[O-])c1.[Na+]. The molecule has 0 amide bonds. The Morgan fingerprint density at radius 3 is 2.28 bits per heavy atom. The first-order chi connectivity index (χ1) is 11.5. The van der Waals surface area contributed by atoms with Crippen molar-refractivity contribution in [2.75, 3.05) is 0 Å². The van der Waals surface area contributed by atoms with Crippen molar-refractivity contribution in [3.8, 4) is 11.5 Å². The zero-order valence-corrected chi connectivity index (χ0v) is 17.7. The summed E-state index contributed by atoms with van der Waals surface area (Å²) in [5.74, 6) is 0.570. The number of ether oxygens (including phenoxy) is 1. The molecule has 0 spiro atoms. The third-order valence-corrected chi connectivity index (χ3v) is 4.68. The average Bonchev–Trinajstić information content (AvgIpc) is 2.56. The largest absolute Gasteiger partial charge is 1.00 e.